The number of amides is 2. The van der Waals surface area contributed by atoms with Crippen LogP contribution in [-0.2, 0) is 15.3 Å². The number of aromatic nitrogens is 1. The minimum atomic E-state index is -3.26. The van der Waals surface area contributed by atoms with E-state index in [0.717, 1.165) is 25.0 Å². The van der Waals surface area contributed by atoms with E-state index < -0.39 is 9.84 Å². The van der Waals surface area contributed by atoms with E-state index in [0.29, 0.717) is 23.4 Å². The monoisotopic (exact) mass is 385 g/mol. The van der Waals surface area contributed by atoms with Gasteiger partial charge in [-0.05, 0) is 43.0 Å². The molecular formula is C20H23N3O3S. The summed E-state index contributed by atoms with van der Waals surface area (Å²) < 4.78 is 24.5. The lowest BCUT2D eigenvalue weighted by atomic mass is 9.66. The van der Waals surface area contributed by atoms with Crippen LogP contribution in [0.15, 0.2) is 53.6 Å². The Morgan fingerprint density at radius 3 is 2.63 bits per heavy atom. The van der Waals surface area contributed by atoms with Crippen molar-refractivity contribution in [3.05, 3.63) is 59.9 Å². The van der Waals surface area contributed by atoms with Crippen molar-refractivity contribution in [1.29, 1.82) is 0 Å². The van der Waals surface area contributed by atoms with Crippen LogP contribution in [0.1, 0.15) is 43.0 Å². The van der Waals surface area contributed by atoms with Gasteiger partial charge in [0.25, 0.3) is 0 Å². The molecule has 142 valence electrons. The predicted molar refractivity (Wildman–Crippen MR) is 102 cm³/mol. The van der Waals surface area contributed by atoms with Gasteiger partial charge in [-0.2, -0.15) is 0 Å². The maximum absolute atomic E-state index is 12.5. The summed E-state index contributed by atoms with van der Waals surface area (Å²) >= 11 is 0. The third-order valence-electron chi connectivity index (χ3n) is 5.72. The van der Waals surface area contributed by atoms with E-state index in [9.17, 15) is 13.2 Å². The van der Waals surface area contributed by atoms with Gasteiger partial charge in [-0.25, -0.2) is 13.2 Å². The molecule has 2 heterocycles. The van der Waals surface area contributed by atoms with Gasteiger partial charge in [-0.1, -0.05) is 30.7 Å². The summed E-state index contributed by atoms with van der Waals surface area (Å²) in [5, 5.41) is 5.93. The van der Waals surface area contributed by atoms with E-state index in [1.807, 2.05) is 18.2 Å². The van der Waals surface area contributed by atoms with E-state index in [1.165, 1.54) is 0 Å². The van der Waals surface area contributed by atoms with Crippen molar-refractivity contribution >= 4 is 15.9 Å². The van der Waals surface area contributed by atoms with Gasteiger partial charge in [-0.3, -0.25) is 4.98 Å². The number of benzene rings is 1. The van der Waals surface area contributed by atoms with Crippen LogP contribution in [-0.4, -0.2) is 31.7 Å². The molecule has 1 aromatic carbocycles. The first-order valence-corrected chi connectivity index (χ1v) is 10.9. The van der Waals surface area contributed by atoms with Crippen LogP contribution in [0.5, 0.6) is 0 Å². The molecule has 1 atom stereocenters. The van der Waals surface area contributed by atoms with Crippen molar-refractivity contribution in [3.63, 3.8) is 0 Å². The molecule has 0 saturated heterocycles. The van der Waals surface area contributed by atoms with E-state index in [1.54, 1.807) is 30.5 Å². The number of rotatable bonds is 4. The number of nitrogens with one attached hydrogen (secondary N) is 2. The Bertz CT molecular complexity index is 940. The molecule has 7 heteroatoms. The molecule has 0 bridgehead atoms. The lowest BCUT2D eigenvalue weighted by molar-refractivity contribution is 0.209. The van der Waals surface area contributed by atoms with E-state index >= 15 is 0 Å². The molecule has 1 aliphatic carbocycles. The van der Waals surface area contributed by atoms with E-state index in [-0.39, 0.29) is 23.2 Å². The van der Waals surface area contributed by atoms with Gasteiger partial charge in [0.05, 0.1) is 16.7 Å². The Kier molecular flexibility index (Phi) is 4.63. The first-order chi connectivity index (χ1) is 13.0. The largest absolute Gasteiger partial charge is 0.337 e. The van der Waals surface area contributed by atoms with Crippen LogP contribution >= 0.6 is 0 Å². The highest BCUT2D eigenvalue weighted by molar-refractivity contribution is 7.91. The second kappa shape index (κ2) is 6.96. The molecule has 27 heavy (non-hydrogen) atoms. The van der Waals surface area contributed by atoms with E-state index in [4.69, 9.17) is 0 Å². The predicted octanol–water partition coefficient (Wildman–Crippen LogP) is 2.72. The number of nitrogens with zero attached hydrogens (tertiary/aromatic N) is 1. The van der Waals surface area contributed by atoms with Crippen molar-refractivity contribution in [2.75, 3.05) is 12.3 Å². The van der Waals surface area contributed by atoms with Crippen molar-refractivity contribution < 1.29 is 13.2 Å². The number of carbonyl (C=O) groups is 1. The average molecular weight is 385 g/mol. The molecule has 1 fully saturated rings. The highest BCUT2D eigenvalue weighted by atomic mass is 32.2. The zero-order chi connectivity index (χ0) is 18.9. The van der Waals surface area contributed by atoms with Crippen LogP contribution in [0.4, 0.5) is 4.79 Å². The molecule has 1 aliphatic heterocycles. The third kappa shape index (κ3) is 3.43. The lowest BCUT2D eigenvalue weighted by Crippen LogP contribution is -2.49. The smallest absolute Gasteiger partial charge is 0.315 e. The summed E-state index contributed by atoms with van der Waals surface area (Å²) in [5.41, 5.74) is 1.60. The summed E-state index contributed by atoms with van der Waals surface area (Å²) in [7, 11) is -3.26. The third-order valence-corrected chi connectivity index (χ3v) is 7.53. The number of carbonyl (C=O) groups excluding carboxylic acids is 1. The van der Waals surface area contributed by atoms with Crippen molar-refractivity contribution in [1.82, 2.24) is 15.6 Å². The summed E-state index contributed by atoms with van der Waals surface area (Å²) in [6.45, 7) is 0.530. The summed E-state index contributed by atoms with van der Waals surface area (Å²) in [6, 6.07) is 12.2. The number of urea groups is 1. The molecule has 1 unspecified atom stereocenters. The highest BCUT2D eigenvalue weighted by Crippen LogP contribution is 2.42. The zero-order valence-corrected chi connectivity index (χ0v) is 15.8. The Balaban J connectivity index is 1.43. The topological polar surface area (TPSA) is 88.2 Å². The normalized spacial score (nSPS) is 22.1. The fourth-order valence-electron chi connectivity index (χ4n) is 4.00. The van der Waals surface area contributed by atoms with Gasteiger partial charge in [0.2, 0.25) is 0 Å². The van der Waals surface area contributed by atoms with Gasteiger partial charge in [0.1, 0.15) is 0 Å². The van der Waals surface area contributed by atoms with Gasteiger partial charge >= 0.3 is 6.03 Å². The van der Waals surface area contributed by atoms with Crippen molar-refractivity contribution in [2.45, 2.75) is 42.0 Å². The maximum Gasteiger partial charge on any atom is 0.315 e. The molecule has 0 radical (unpaired) electrons. The minimum Gasteiger partial charge on any atom is -0.337 e. The molecule has 2 aromatic rings. The number of sulfone groups is 1. The first-order valence-electron chi connectivity index (χ1n) is 9.28. The standard InChI is InChI=1S/C20H23N3O3S/c24-19(22-14-20(10-5-11-20)18-8-3-4-12-21-18)23-16-9-13-27(25,26)17-7-2-1-6-15(16)17/h1-4,6-8,12,16H,5,9-11,13-14H2,(H2,22,23,24). The Hall–Kier alpha value is -2.41. The molecule has 6 nitrogen and oxygen atoms in total. The van der Waals surface area contributed by atoms with Crippen LogP contribution in [0.2, 0.25) is 0 Å². The zero-order valence-electron chi connectivity index (χ0n) is 15.0. The number of hydrogen-bond acceptors (Lipinski definition) is 4. The molecule has 2 amide bonds. The number of fused-ring (bicyclic) bond motifs is 1. The molecular weight excluding hydrogens is 362 g/mol. The second-order valence-electron chi connectivity index (χ2n) is 7.37. The highest BCUT2D eigenvalue weighted by Gasteiger charge is 2.40. The average Bonchev–Trinajstić information content (AvgIpc) is 2.64. The molecule has 4 rings (SSSR count). The van der Waals surface area contributed by atoms with Gasteiger partial charge < -0.3 is 10.6 Å². The summed E-state index contributed by atoms with van der Waals surface area (Å²) in [5.74, 6) is 0.0484. The lowest BCUT2D eigenvalue weighted by Gasteiger charge is -2.41. The van der Waals surface area contributed by atoms with Gasteiger partial charge in [0, 0.05) is 23.9 Å². The fraction of sp³-hybridized carbons (Fsp3) is 0.400. The molecule has 1 aromatic heterocycles. The molecule has 1 saturated carbocycles. The number of hydrogen-bond donors (Lipinski definition) is 2. The second-order valence-corrected chi connectivity index (χ2v) is 9.45. The Morgan fingerprint density at radius 2 is 1.93 bits per heavy atom. The van der Waals surface area contributed by atoms with Gasteiger partial charge in [-0.15, -0.1) is 0 Å². The van der Waals surface area contributed by atoms with E-state index in [2.05, 4.69) is 15.6 Å². The van der Waals surface area contributed by atoms with Crippen molar-refractivity contribution in [2.24, 2.45) is 0 Å². The SMILES string of the molecule is O=C(NCC1(c2ccccn2)CCC1)NC1CCS(=O)(=O)c2ccccc21. The molecule has 2 aliphatic rings. The molecule has 2 N–H and O–H groups in total. The molecule has 0 spiro atoms. The Labute approximate surface area is 159 Å². The van der Waals surface area contributed by atoms with Crippen LogP contribution in [0.3, 0.4) is 0 Å². The quantitative estimate of drug-likeness (QED) is 0.847. The van der Waals surface area contributed by atoms with Crippen LogP contribution < -0.4 is 10.6 Å². The first kappa shape index (κ1) is 18.0. The maximum atomic E-state index is 12.5. The van der Waals surface area contributed by atoms with Crippen LogP contribution in [0.25, 0.3) is 0 Å². The fourth-order valence-corrected chi connectivity index (χ4v) is 5.62. The summed E-state index contributed by atoms with van der Waals surface area (Å²) in [6.07, 6.45) is 5.32. The minimum absolute atomic E-state index is 0.0484. The van der Waals surface area contributed by atoms with Crippen molar-refractivity contribution in [3.8, 4) is 0 Å². The summed E-state index contributed by atoms with van der Waals surface area (Å²) in [4.78, 5) is 17.3. The Morgan fingerprint density at radius 1 is 1.15 bits per heavy atom. The van der Waals surface area contributed by atoms with Crippen LogP contribution in [0, 0.1) is 0 Å². The number of pyridine rings is 1. The van der Waals surface area contributed by atoms with Gasteiger partial charge in [0.15, 0.2) is 9.84 Å².